The zero-order valence-electron chi connectivity index (χ0n) is 14.8. The lowest BCUT2D eigenvalue weighted by Gasteiger charge is -2.23. The van der Waals surface area contributed by atoms with E-state index in [1.807, 2.05) is 57.5 Å². The summed E-state index contributed by atoms with van der Waals surface area (Å²) in [6.07, 6.45) is 0. The van der Waals surface area contributed by atoms with Gasteiger partial charge in [0.05, 0.1) is 22.7 Å². The van der Waals surface area contributed by atoms with Gasteiger partial charge < -0.3 is 5.32 Å². The Balaban J connectivity index is 2.00. The van der Waals surface area contributed by atoms with Gasteiger partial charge in [-0.25, -0.2) is 4.68 Å². The van der Waals surface area contributed by atoms with Crippen LogP contribution in [0.2, 0.25) is 0 Å². The molecule has 0 saturated carbocycles. The topological polar surface area (TPSA) is 64.0 Å². The lowest BCUT2D eigenvalue weighted by Crippen LogP contribution is -2.27. The predicted octanol–water partition coefficient (Wildman–Crippen LogP) is 3.27. The highest BCUT2D eigenvalue weighted by atomic mass is 32.2. The maximum absolute atomic E-state index is 12.7. The standard InChI is InChI=1S/C18H23N3O2S/c1-11-6-12(2)8-13(7-11)17(22)19-16-14-9-24(23)10-15(14)20-21(16)18(3,4)5/h6-8H,9-10H2,1-5H3,(H,19,22)/t24-/m1/s1. The minimum Gasteiger partial charge on any atom is -0.306 e. The highest BCUT2D eigenvalue weighted by Crippen LogP contribution is 2.33. The van der Waals surface area contributed by atoms with Crippen molar-refractivity contribution in [2.75, 3.05) is 5.32 Å². The van der Waals surface area contributed by atoms with Crippen molar-refractivity contribution in [1.82, 2.24) is 9.78 Å². The monoisotopic (exact) mass is 345 g/mol. The van der Waals surface area contributed by atoms with Crippen molar-refractivity contribution in [3.8, 4) is 0 Å². The number of nitrogens with zero attached hydrogens (tertiary/aromatic N) is 2. The smallest absolute Gasteiger partial charge is 0.256 e. The van der Waals surface area contributed by atoms with Gasteiger partial charge in [0.15, 0.2) is 0 Å². The van der Waals surface area contributed by atoms with Crippen molar-refractivity contribution >= 4 is 22.5 Å². The molecule has 0 spiro atoms. The number of aromatic nitrogens is 2. The van der Waals surface area contributed by atoms with Gasteiger partial charge in [-0.05, 0) is 46.8 Å². The summed E-state index contributed by atoms with van der Waals surface area (Å²) in [5.74, 6) is 1.43. The number of hydrogen-bond acceptors (Lipinski definition) is 3. The van der Waals surface area contributed by atoms with Gasteiger partial charge in [0, 0.05) is 21.9 Å². The van der Waals surface area contributed by atoms with Crippen molar-refractivity contribution in [3.05, 3.63) is 46.1 Å². The van der Waals surface area contributed by atoms with Crippen LogP contribution in [0.3, 0.4) is 0 Å². The maximum atomic E-state index is 12.7. The Bertz CT molecular complexity index is 826. The van der Waals surface area contributed by atoms with Gasteiger partial charge in [0.1, 0.15) is 5.82 Å². The van der Waals surface area contributed by atoms with Crippen molar-refractivity contribution < 1.29 is 9.00 Å². The third kappa shape index (κ3) is 3.15. The predicted molar refractivity (Wildman–Crippen MR) is 96.6 cm³/mol. The van der Waals surface area contributed by atoms with E-state index in [9.17, 15) is 9.00 Å². The number of carbonyl (C=O) groups is 1. The molecule has 1 N–H and O–H groups in total. The highest BCUT2D eigenvalue weighted by molar-refractivity contribution is 7.83. The molecule has 5 nitrogen and oxygen atoms in total. The van der Waals surface area contributed by atoms with E-state index in [2.05, 4.69) is 10.4 Å². The minimum atomic E-state index is -0.927. The van der Waals surface area contributed by atoms with E-state index >= 15 is 0 Å². The van der Waals surface area contributed by atoms with Gasteiger partial charge in [-0.2, -0.15) is 5.10 Å². The molecule has 0 bridgehead atoms. The minimum absolute atomic E-state index is 0.160. The molecule has 2 aromatic rings. The number of amides is 1. The number of benzene rings is 1. The van der Waals surface area contributed by atoms with E-state index < -0.39 is 10.8 Å². The van der Waals surface area contributed by atoms with Crippen LogP contribution in [0.15, 0.2) is 18.2 Å². The molecule has 0 saturated heterocycles. The molecule has 24 heavy (non-hydrogen) atoms. The maximum Gasteiger partial charge on any atom is 0.256 e. The molecule has 6 heteroatoms. The van der Waals surface area contributed by atoms with Crippen LogP contribution in [0.1, 0.15) is 53.5 Å². The molecule has 0 fully saturated rings. The number of fused-ring (bicyclic) bond motifs is 1. The van der Waals surface area contributed by atoms with E-state index in [0.29, 0.717) is 22.9 Å². The van der Waals surface area contributed by atoms with Crippen LogP contribution in [-0.2, 0) is 27.8 Å². The second-order valence-electron chi connectivity index (χ2n) is 7.42. The molecule has 0 aliphatic carbocycles. The summed E-state index contributed by atoms with van der Waals surface area (Å²) in [4.78, 5) is 12.7. The molecule has 2 heterocycles. The van der Waals surface area contributed by atoms with Crippen LogP contribution in [-0.4, -0.2) is 19.9 Å². The number of aryl methyl sites for hydroxylation is 2. The average Bonchev–Trinajstić information content (AvgIpc) is 2.95. The number of nitrogens with one attached hydrogen (secondary N) is 1. The lowest BCUT2D eigenvalue weighted by atomic mass is 10.1. The van der Waals surface area contributed by atoms with Crippen LogP contribution in [0.5, 0.6) is 0 Å². The van der Waals surface area contributed by atoms with Crippen LogP contribution in [0.4, 0.5) is 5.82 Å². The van der Waals surface area contributed by atoms with Gasteiger partial charge >= 0.3 is 0 Å². The molecule has 0 radical (unpaired) electrons. The molecule has 1 amide bonds. The fourth-order valence-electron chi connectivity index (χ4n) is 3.03. The van der Waals surface area contributed by atoms with E-state index in [1.54, 1.807) is 0 Å². The molecular formula is C18H23N3O2S. The molecule has 1 atom stereocenters. The number of hydrogen-bond donors (Lipinski definition) is 1. The third-order valence-corrected chi connectivity index (χ3v) is 5.23. The number of carbonyl (C=O) groups excluding carboxylic acids is 1. The average molecular weight is 345 g/mol. The van der Waals surface area contributed by atoms with Crippen LogP contribution in [0.25, 0.3) is 0 Å². The van der Waals surface area contributed by atoms with Gasteiger partial charge in [-0.1, -0.05) is 17.2 Å². The molecule has 1 aromatic heterocycles. The molecule has 3 rings (SSSR count). The van der Waals surface area contributed by atoms with Crippen LogP contribution >= 0.6 is 0 Å². The van der Waals surface area contributed by atoms with Crippen LogP contribution < -0.4 is 5.32 Å². The summed E-state index contributed by atoms with van der Waals surface area (Å²) in [5, 5.41) is 7.62. The third-order valence-electron chi connectivity index (χ3n) is 4.02. The Morgan fingerprint density at radius 3 is 2.38 bits per heavy atom. The zero-order valence-corrected chi connectivity index (χ0v) is 15.6. The Morgan fingerprint density at radius 2 is 1.79 bits per heavy atom. The summed E-state index contributed by atoms with van der Waals surface area (Å²) in [7, 11) is -0.927. The summed E-state index contributed by atoms with van der Waals surface area (Å²) in [5.41, 5.74) is 4.20. The van der Waals surface area contributed by atoms with Crippen molar-refractivity contribution in [2.24, 2.45) is 0 Å². The number of anilines is 1. The van der Waals surface area contributed by atoms with Gasteiger partial charge in [-0.15, -0.1) is 0 Å². The Morgan fingerprint density at radius 1 is 1.17 bits per heavy atom. The summed E-state index contributed by atoms with van der Waals surface area (Å²) < 4.78 is 13.7. The van der Waals surface area contributed by atoms with Gasteiger partial charge in [0.2, 0.25) is 0 Å². The summed E-state index contributed by atoms with van der Waals surface area (Å²) in [6.45, 7) is 10.1. The second kappa shape index (κ2) is 5.84. The molecule has 1 aliphatic rings. The molecular weight excluding hydrogens is 322 g/mol. The first-order valence-electron chi connectivity index (χ1n) is 8.01. The molecule has 0 unspecified atom stereocenters. The second-order valence-corrected chi connectivity index (χ2v) is 8.87. The molecule has 128 valence electrons. The van der Waals surface area contributed by atoms with Crippen LogP contribution in [0, 0.1) is 13.8 Å². The highest BCUT2D eigenvalue weighted by Gasteiger charge is 2.31. The SMILES string of the molecule is Cc1cc(C)cc(C(=O)Nc2c3c(nn2C(C)(C)C)C[S@](=O)C3)c1. The quantitative estimate of drug-likeness (QED) is 0.908. The summed E-state index contributed by atoms with van der Waals surface area (Å²) in [6, 6.07) is 5.79. The zero-order chi connectivity index (χ0) is 17.6. The Hall–Kier alpha value is -1.95. The van der Waals surface area contributed by atoms with E-state index in [-0.39, 0.29) is 11.4 Å². The van der Waals surface area contributed by atoms with E-state index in [1.165, 1.54) is 0 Å². The first kappa shape index (κ1) is 16.9. The Labute approximate surface area is 144 Å². The lowest BCUT2D eigenvalue weighted by molar-refractivity contribution is 0.102. The van der Waals surface area contributed by atoms with Gasteiger partial charge in [0.25, 0.3) is 5.91 Å². The van der Waals surface area contributed by atoms with E-state index in [0.717, 1.165) is 22.4 Å². The number of rotatable bonds is 2. The van der Waals surface area contributed by atoms with Crippen molar-refractivity contribution in [3.63, 3.8) is 0 Å². The Kier molecular flexibility index (Phi) is 4.11. The van der Waals surface area contributed by atoms with Gasteiger partial charge in [-0.3, -0.25) is 9.00 Å². The van der Waals surface area contributed by atoms with E-state index in [4.69, 9.17) is 0 Å². The summed E-state index contributed by atoms with van der Waals surface area (Å²) >= 11 is 0. The first-order valence-corrected chi connectivity index (χ1v) is 9.50. The van der Waals surface area contributed by atoms with Crippen molar-refractivity contribution in [1.29, 1.82) is 0 Å². The molecule has 1 aromatic carbocycles. The molecule has 1 aliphatic heterocycles. The normalized spacial score (nSPS) is 17.0. The van der Waals surface area contributed by atoms with Crippen molar-refractivity contribution in [2.45, 2.75) is 51.7 Å². The fourth-order valence-corrected chi connectivity index (χ4v) is 4.29. The largest absolute Gasteiger partial charge is 0.306 e. The first-order chi connectivity index (χ1) is 11.1. The fraction of sp³-hybridized carbons (Fsp3) is 0.444.